The van der Waals surface area contributed by atoms with Crippen LogP contribution < -0.4 is 0 Å². The second kappa shape index (κ2) is 3.35. The molecule has 1 atom stereocenters. The Morgan fingerprint density at radius 2 is 2.00 bits per heavy atom. The number of nitrogens with zero attached hydrogens (tertiary/aromatic N) is 2. The van der Waals surface area contributed by atoms with E-state index >= 15 is 0 Å². The van der Waals surface area contributed by atoms with Crippen molar-refractivity contribution in [1.29, 1.82) is 0 Å². The molecule has 2 heteroatoms. The number of hydrogen-bond donors (Lipinski definition) is 0. The van der Waals surface area contributed by atoms with Gasteiger partial charge in [0.2, 0.25) is 0 Å². The van der Waals surface area contributed by atoms with Crippen LogP contribution in [0.5, 0.6) is 0 Å². The van der Waals surface area contributed by atoms with Gasteiger partial charge in [0.05, 0.1) is 6.17 Å². The summed E-state index contributed by atoms with van der Waals surface area (Å²) >= 11 is 0. The van der Waals surface area contributed by atoms with Crippen molar-refractivity contribution >= 4 is 0 Å². The Morgan fingerprint density at radius 3 is 2.40 bits per heavy atom. The molecular formula is C8H18N2. The Kier molecular flexibility index (Phi) is 2.69. The van der Waals surface area contributed by atoms with Gasteiger partial charge in [-0.3, -0.25) is 9.80 Å². The highest BCUT2D eigenvalue weighted by molar-refractivity contribution is 4.71. The summed E-state index contributed by atoms with van der Waals surface area (Å²) in [6.45, 7) is 1.27. The molecule has 0 aromatic rings. The maximum absolute atomic E-state index is 2.43. The number of rotatable bonds is 1. The molecule has 2 nitrogen and oxygen atoms in total. The Balaban J connectivity index is 2.40. The summed E-state index contributed by atoms with van der Waals surface area (Å²) in [6, 6.07) is 0. The van der Waals surface area contributed by atoms with Gasteiger partial charge in [0.1, 0.15) is 0 Å². The van der Waals surface area contributed by atoms with Crippen LogP contribution >= 0.6 is 0 Å². The van der Waals surface area contributed by atoms with Crippen molar-refractivity contribution in [2.24, 2.45) is 0 Å². The van der Waals surface area contributed by atoms with Gasteiger partial charge < -0.3 is 0 Å². The first-order valence-electron chi connectivity index (χ1n) is 4.08. The average Bonchev–Trinajstić information content (AvgIpc) is 1.88. The second-order valence-corrected chi connectivity index (χ2v) is 3.42. The van der Waals surface area contributed by atoms with Gasteiger partial charge in [-0.15, -0.1) is 0 Å². The van der Waals surface area contributed by atoms with Crippen molar-refractivity contribution in [2.75, 3.05) is 27.7 Å². The van der Waals surface area contributed by atoms with Crippen LogP contribution in [0.3, 0.4) is 0 Å². The van der Waals surface area contributed by atoms with E-state index in [0.717, 1.165) is 0 Å². The van der Waals surface area contributed by atoms with Crippen LogP contribution in [0.2, 0.25) is 0 Å². The lowest BCUT2D eigenvalue weighted by Gasteiger charge is -2.36. The average molecular weight is 142 g/mol. The Bertz CT molecular complexity index is 101. The van der Waals surface area contributed by atoms with Gasteiger partial charge in [-0.05, 0) is 47.0 Å². The summed E-state index contributed by atoms with van der Waals surface area (Å²) in [6.07, 6.45) is 4.80. The molecule has 0 radical (unpaired) electrons. The fourth-order valence-corrected chi connectivity index (χ4v) is 1.71. The van der Waals surface area contributed by atoms with E-state index < -0.39 is 0 Å². The van der Waals surface area contributed by atoms with E-state index in [2.05, 4.69) is 30.9 Å². The molecule has 0 aromatic carbocycles. The van der Waals surface area contributed by atoms with Gasteiger partial charge in [0, 0.05) is 0 Å². The zero-order valence-corrected chi connectivity index (χ0v) is 7.30. The van der Waals surface area contributed by atoms with Crippen molar-refractivity contribution in [3.8, 4) is 0 Å². The molecule has 60 valence electrons. The molecule has 0 bridgehead atoms. The molecule has 0 aromatic heterocycles. The quantitative estimate of drug-likeness (QED) is 0.538. The molecule has 10 heavy (non-hydrogen) atoms. The first kappa shape index (κ1) is 8.02. The van der Waals surface area contributed by atoms with E-state index in [1.807, 2.05) is 0 Å². The number of likely N-dealkylation sites (tertiary alicyclic amines) is 1. The van der Waals surface area contributed by atoms with Crippen LogP contribution in [0.25, 0.3) is 0 Å². The summed E-state index contributed by atoms with van der Waals surface area (Å²) in [5.74, 6) is 0. The highest BCUT2D eigenvalue weighted by Crippen LogP contribution is 2.15. The van der Waals surface area contributed by atoms with Gasteiger partial charge in [0.15, 0.2) is 0 Å². The minimum Gasteiger partial charge on any atom is -0.294 e. The van der Waals surface area contributed by atoms with Gasteiger partial charge in [-0.2, -0.15) is 0 Å². The van der Waals surface area contributed by atoms with Crippen LogP contribution in [-0.2, 0) is 0 Å². The normalized spacial score (nSPS) is 29.4. The van der Waals surface area contributed by atoms with E-state index in [9.17, 15) is 0 Å². The molecule has 1 unspecified atom stereocenters. The highest BCUT2D eigenvalue weighted by atomic mass is 15.3. The van der Waals surface area contributed by atoms with Crippen LogP contribution in [0.15, 0.2) is 0 Å². The van der Waals surface area contributed by atoms with Crippen molar-refractivity contribution in [3.63, 3.8) is 0 Å². The first-order chi connectivity index (χ1) is 4.72. The van der Waals surface area contributed by atoms with Gasteiger partial charge in [-0.25, -0.2) is 0 Å². The van der Waals surface area contributed by atoms with Gasteiger partial charge >= 0.3 is 0 Å². The molecule has 1 aliphatic rings. The fraction of sp³-hybridized carbons (Fsp3) is 1.00. The third kappa shape index (κ3) is 1.70. The lowest BCUT2D eigenvalue weighted by Crippen LogP contribution is -2.45. The third-order valence-corrected chi connectivity index (χ3v) is 2.33. The predicted molar refractivity (Wildman–Crippen MR) is 44.0 cm³/mol. The van der Waals surface area contributed by atoms with E-state index in [1.165, 1.54) is 25.8 Å². The Morgan fingerprint density at radius 1 is 1.30 bits per heavy atom. The van der Waals surface area contributed by atoms with Crippen LogP contribution in [-0.4, -0.2) is 43.7 Å². The second-order valence-electron chi connectivity index (χ2n) is 3.42. The highest BCUT2D eigenvalue weighted by Gasteiger charge is 2.19. The third-order valence-electron chi connectivity index (χ3n) is 2.33. The Labute approximate surface area is 63.8 Å². The molecule has 1 aliphatic heterocycles. The maximum Gasteiger partial charge on any atom is 0.0614 e. The molecule has 1 saturated heterocycles. The lowest BCUT2D eigenvalue weighted by molar-refractivity contribution is 0.0685. The van der Waals surface area contributed by atoms with Crippen molar-refractivity contribution in [1.82, 2.24) is 9.80 Å². The topological polar surface area (TPSA) is 6.48 Å². The smallest absolute Gasteiger partial charge is 0.0614 e. The summed E-state index contributed by atoms with van der Waals surface area (Å²) in [5, 5.41) is 0. The minimum absolute atomic E-state index is 0.689. The summed E-state index contributed by atoms with van der Waals surface area (Å²) in [4.78, 5) is 4.74. The molecule has 0 N–H and O–H groups in total. The van der Waals surface area contributed by atoms with Gasteiger partial charge in [-0.1, -0.05) is 0 Å². The van der Waals surface area contributed by atoms with Gasteiger partial charge in [0.25, 0.3) is 0 Å². The standard InChI is InChI=1S/C8H18N2/c1-9(2)8-6-4-5-7-10(8)3/h8H,4-7H2,1-3H3. The molecule has 0 spiro atoms. The van der Waals surface area contributed by atoms with E-state index in [1.54, 1.807) is 0 Å². The van der Waals surface area contributed by atoms with Crippen LogP contribution in [0.4, 0.5) is 0 Å². The van der Waals surface area contributed by atoms with Crippen molar-refractivity contribution in [3.05, 3.63) is 0 Å². The molecule has 1 rings (SSSR count). The van der Waals surface area contributed by atoms with Crippen molar-refractivity contribution < 1.29 is 0 Å². The summed E-state index contributed by atoms with van der Waals surface area (Å²) < 4.78 is 0. The minimum atomic E-state index is 0.689. The summed E-state index contributed by atoms with van der Waals surface area (Å²) in [5.41, 5.74) is 0. The van der Waals surface area contributed by atoms with E-state index in [4.69, 9.17) is 0 Å². The molecule has 1 fully saturated rings. The Hall–Kier alpha value is -0.0800. The van der Waals surface area contributed by atoms with Crippen LogP contribution in [0.1, 0.15) is 19.3 Å². The molecule has 0 aliphatic carbocycles. The molecule has 0 saturated carbocycles. The molecule has 1 heterocycles. The maximum atomic E-state index is 2.43. The molecular weight excluding hydrogens is 124 g/mol. The SMILES string of the molecule is CN(C)C1CCCCN1C. The zero-order chi connectivity index (χ0) is 7.56. The monoisotopic (exact) mass is 142 g/mol. The fourth-order valence-electron chi connectivity index (χ4n) is 1.71. The van der Waals surface area contributed by atoms with E-state index in [0.29, 0.717) is 6.17 Å². The van der Waals surface area contributed by atoms with Crippen molar-refractivity contribution in [2.45, 2.75) is 25.4 Å². The molecule has 0 amide bonds. The summed E-state index contributed by atoms with van der Waals surface area (Å²) in [7, 11) is 6.53. The lowest BCUT2D eigenvalue weighted by atomic mass is 10.1. The van der Waals surface area contributed by atoms with Crippen LogP contribution in [0, 0.1) is 0 Å². The number of piperidine rings is 1. The predicted octanol–water partition coefficient (Wildman–Crippen LogP) is 0.990. The number of hydrogen-bond acceptors (Lipinski definition) is 2. The first-order valence-corrected chi connectivity index (χ1v) is 4.08. The largest absolute Gasteiger partial charge is 0.294 e. The zero-order valence-electron chi connectivity index (χ0n) is 7.30. The van der Waals surface area contributed by atoms with E-state index in [-0.39, 0.29) is 0 Å².